The Kier molecular flexibility index (Phi) is 4.28. The van der Waals surface area contributed by atoms with Crippen LogP contribution in [0.15, 0.2) is 48.5 Å². The Morgan fingerprint density at radius 3 is 1.69 bits per heavy atom. The quantitative estimate of drug-likeness (QED) is 0.291. The van der Waals surface area contributed by atoms with Crippen molar-refractivity contribution in [2.24, 2.45) is 0 Å². The largest absolute Gasteiger partial charge is 0.397 e. The van der Waals surface area contributed by atoms with Gasteiger partial charge in [-0.3, -0.25) is 19.7 Å². The molecule has 4 bridgehead atoms. The molecular formula is C33H27N5O. The van der Waals surface area contributed by atoms with Gasteiger partial charge >= 0.3 is 0 Å². The van der Waals surface area contributed by atoms with Crippen LogP contribution < -0.4 is 5.73 Å². The number of hydrogen-bond donors (Lipinski definition) is 1. The minimum Gasteiger partial charge on any atom is -0.397 e. The number of nitrogen functional groups attached to an aromatic ring is 1. The van der Waals surface area contributed by atoms with Crippen LogP contribution in [0.4, 0.5) is 5.69 Å². The van der Waals surface area contributed by atoms with Crippen LogP contribution in [0.3, 0.4) is 0 Å². The molecule has 4 heterocycles. The number of para-hydroxylation sites is 1. The molecule has 4 aliphatic carbocycles. The molecule has 6 heteroatoms. The molecule has 0 saturated heterocycles. The lowest BCUT2D eigenvalue weighted by Gasteiger charge is -2.38. The highest BCUT2D eigenvalue weighted by molar-refractivity contribution is 5.82. The fraction of sp³-hybridized carbons (Fsp3) is 0.303. The van der Waals surface area contributed by atoms with Crippen LogP contribution in [0.1, 0.15) is 92.0 Å². The standard InChI is InChI=1S/C33H27N5O/c34-25-12-22-9-19-8-21(31(22)38-29(25)15-39)11-24-14-27-28(37-33(19)24)13-23-10-20-7-18(32(23)36-27)6-17-5-16-3-1-2-4-26(16)35-30(17)20/h1-5,12-15,18-21H,6-11,34H2/t18-,19+,20+,21+/m0/s1. The van der Waals surface area contributed by atoms with E-state index in [1.165, 1.54) is 44.7 Å². The first-order chi connectivity index (χ1) is 19.1. The van der Waals surface area contributed by atoms with E-state index in [9.17, 15) is 4.79 Å². The Morgan fingerprint density at radius 1 is 0.615 bits per heavy atom. The van der Waals surface area contributed by atoms with E-state index < -0.39 is 0 Å². The van der Waals surface area contributed by atoms with Crippen LogP contribution in [0.25, 0.3) is 21.9 Å². The van der Waals surface area contributed by atoms with Gasteiger partial charge in [0.15, 0.2) is 6.29 Å². The molecule has 9 rings (SSSR count). The van der Waals surface area contributed by atoms with Crippen molar-refractivity contribution in [1.82, 2.24) is 19.9 Å². The maximum atomic E-state index is 11.5. The summed E-state index contributed by atoms with van der Waals surface area (Å²) in [6.07, 6.45) is 6.65. The Labute approximate surface area is 225 Å². The average Bonchev–Trinajstić information content (AvgIpc) is 2.94. The molecule has 0 fully saturated rings. The second kappa shape index (κ2) is 7.69. The van der Waals surface area contributed by atoms with Gasteiger partial charge in [-0.05, 0) is 91.1 Å². The minimum absolute atomic E-state index is 0.292. The number of benzene rings is 1. The third-order valence-electron chi connectivity index (χ3n) is 9.72. The van der Waals surface area contributed by atoms with E-state index in [1.807, 2.05) is 6.07 Å². The van der Waals surface area contributed by atoms with E-state index in [0.29, 0.717) is 35.1 Å². The second-order valence-corrected chi connectivity index (χ2v) is 12.0. The molecule has 0 aliphatic heterocycles. The molecule has 1 aromatic carbocycles. The van der Waals surface area contributed by atoms with Gasteiger partial charge in [0.05, 0.1) is 22.2 Å². The average molecular weight is 510 g/mol. The molecule has 4 atom stereocenters. The first kappa shape index (κ1) is 21.7. The molecule has 6 nitrogen and oxygen atoms in total. The van der Waals surface area contributed by atoms with Crippen molar-refractivity contribution in [3.63, 3.8) is 0 Å². The van der Waals surface area contributed by atoms with E-state index >= 15 is 0 Å². The van der Waals surface area contributed by atoms with Crippen LogP contribution in [0.5, 0.6) is 0 Å². The summed E-state index contributed by atoms with van der Waals surface area (Å²) >= 11 is 0. The molecule has 0 saturated carbocycles. The lowest BCUT2D eigenvalue weighted by molar-refractivity contribution is 0.111. The first-order valence-corrected chi connectivity index (χ1v) is 14.1. The Morgan fingerprint density at radius 2 is 1.10 bits per heavy atom. The topological polar surface area (TPSA) is 94.7 Å². The summed E-state index contributed by atoms with van der Waals surface area (Å²) in [4.78, 5) is 31.9. The van der Waals surface area contributed by atoms with Gasteiger partial charge in [-0.2, -0.15) is 0 Å². The zero-order valence-corrected chi connectivity index (χ0v) is 21.5. The minimum atomic E-state index is 0.292. The predicted molar refractivity (Wildman–Crippen MR) is 150 cm³/mol. The summed E-state index contributed by atoms with van der Waals surface area (Å²) in [5, 5.41) is 1.23. The van der Waals surface area contributed by atoms with Gasteiger partial charge in [0, 0.05) is 51.8 Å². The number of aldehydes is 1. The summed E-state index contributed by atoms with van der Waals surface area (Å²) in [5.41, 5.74) is 20.0. The summed E-state index contributed by atoms with van der Waals surface area (Å²) in [7, 11) is 0. The third-order valence-corrected chi connectivity index (χ3v) is 9.72. The van der Waals surface area contributed by atoms with E-state index in [4.69, 9.17) is 20.7 Å². The molecule has 0 radical (unpaired) electrons. The molecule has 39 heavy (non-hydrogen) atoms. The van der Waals surface area contributed by atoms with Gasteiger partial charge in [0.2, 0.25) is 0 Å². The van der Waals surface area contributed by atoms with Crippen molar-refractivity contribution in [2.45, 2.75) is 62.2 Å². The molecule has 0 unspecified atom stereocenters. The molecule has 4 aliphatic rings. The molecule has 5 aromatic rings. The number of aromatic nitrogens is 4. The highest BCUT2D eigenvalue weighted by Crippen LogP contribution is 2.49. The fourth-order valence-corrected chi connectivity index (χ4v) is 8.06. The van der Waals surface area contributed by atoms with Crippen LogP contribution in [0, 0.1) is 0 Å². The third kappa shape index (κ3) is 3.11. The van der Waals surface area contributed by atoms with E-state index in [1.54, 1.807) is 0 Å². The van der Waals surface area contributed by atoms with Gasteiger partial charge in [0.1, 0.15) is 5.69 Å². The van der Waals surface area contributed by atoms with Crippen molar-refractivity contribution in [2.75, 3.05) is 5.73 Å². The maximum absolute atomic E-state index is 11.5. The van der Waals surface area contributed by atoms with Crippen molar-refractivity contribution in [3.8, 4) is 0 Å². The van der Waals surface area contributed by atoms with Gasteiger partial charge in [-0.15, -0.1) is 0 Å². The highest BCUT2D eigenvalue weighted by atomic mass is 16.1. The van der Waals surface area contributed by atoms with Crippen LogP contribution in [-0.4, -0.2) is 26.2 Å². The number of hydrogen-bond acceptors (Lipinski definition) is 6. The SMILES string of the molecule is Nc1cc2c(nc1C=O)[C@H]1Cc3cc4nc5c(cc4nc3[C@@H](C2)C1)C[C@H]1C[C@@H]5Cc2cc3ccccc3nc21. The van der Waals surface area contributed by atoms with Crippen LogP contribution in [-0.2, 0) is 25.7 Å². The summed E-state index contributed by atoms with van der Waals surface area (Å²) < 4.78 is 0. The van der Waals surface area contributed by atoms with E-state index in [0.717, 1.165) is 67.1 Å². The lowest BCUT2D eigenvalue weighted by atomic mass is 9.69. The van der Waals surface area contributed by atoms with Crippen molar-refractivity contribution < 1.29 is 4.79 Å². The molecule has 190 valence electrons. The maximum Gasteiger partial charge on any atom is 0.170 e. The summed E-state index contributed by atoms with van der Waals surface area (Å²) in [5.74, 6) is 1.51. The number of anilines is 1. The van der Waals surface area contributed by atoms with Crippen molar-refractivity contribution in [3.05, 3.63) is 99.3 Å². The van der Waals surface area contributed by atoms with Gasteiger partial charge in [-0.25, -0.2) is 4.98 Å². The number of pyridine rings is 4. The summed E-state index contributed by atoms with van der Waals surface area (Å²) in [6, 6.07) is 17.4. The zero-order chi connectivity index (χ0) is 25.8. The number of carbonyl (C=O) groups is 1. The molecule has 0 spiro atoms. The Bertz CT molecular complexity index is 1900. The van der Waals surface area contributed by atoms with Crippen LogP contribution in [0.2, 0.25) is 0 Å². The molecule has 2 N–H and O–H groups in total. The smallest absolute Gasteiger partial charge is 0.170 e. The normalized spacial score (nSPS) is 24.0. The number of carbonyl (C=O) groups excluding carboxylic acids is 1. The monoisotopic (exact) mass is 509 g/mol. The highest BCUT2D eigenvalue weighted by Gasteiger charge is 2.39. The van der Waals surface area contributed by atoms with E-state index in [2.05, 4.69) is 47.4 Å². The van der Waals surface area contributed by atoms with Gasteiger partial charge < -0.3 is 5.73 Å². The van der Waals surface area contributed by atoms with Crippen molar-refractivity contribution >= 4 is 33.9 Å². The zero-order valence-electron chi connectivity index (χ0n) is 21.5. The summed E-state index contributed by atoms with van der Waals surface area (Å²) in [6.45, 7) is 0. The second-order valence-electron chi connectivity index (χ2n) is 12.0. The molecule has 0 amide bonds. The first-order valence-electron chi connectivity index (χ1n) is 14.1. The van der Waals surface area contributed by atoms with Crippen LogP contribution >= 0.6 is 0 Å². The number of nitrogens with zero attached hydrogens (tertiary/aromatic N) is 4. The lowest BCUT2D eigenvalue weighted by Crippen LogP contribution is -2.28. The number of nitrogens with two attached hydrogens (primary N) is 1. The fourth-order valence-electron chi connectivity index (χ4n) is 8.06. The molecule has 4 aromatic heterocycles. The van der Waals surface area contributed by atoms with Crippen molar-refractivity contribution in [1.29, 1.82) is 0 Å². The number of rotatable bonds is 1. The van der Waals surface area contributed by atoms with Gasteiger partial charge in [0.25, 0.3) is 0 Å². The Balaban J connectivity index is 1.12. The Hall–Kier alpha value is -4.19. The molecular weight excluding hydrogens is 482 g/mol. The number of fused-ring (bicyclic) bond motifs is 14. The predicted octanol–water partition coefficient (Wildman–Crippen LogP) is 5.71. The van der Waals surface area contributed by atoms with E-state index in [-0.39, 0.29) is 0 Å². The van der Waals surface area contributed by atoms with Gasteiger partial charge in [-0.1, -0.05) is 18.2 Å².